The Morgan fingerprint density at radius 3 is 2.85 bits per heavy atom. The molecule has 0 saturated carbocycles. The van der Waals surface area contributed by atoms with Crippen molar-refractivity contribution in [3.63, 3.8) is 0 Å². The molecule has 0 aliphatic heterocycles. The number of hydrogen-bond donors (Lipinski definition) is 1. The van der Waals surface area contributed by atoms with E-state index in [1.165, 1.54) is 21.9 Å². The molecule has 0 atom stereocenters. The van der Waals surface area contributed by atoms with Gasteiger partial charge in [0.2, 0.25) is 0 Å². The summed E-state index contributed by atoms with van der Waals surface area (Å²) in [5.74, 6) is -1.04. The molecular formula is C12H7ClIN3O2S. The highest BCUT2D eigenvalue weighted by molar-refractivity contribution is 14.1. The van der Waals surface area contributed by atoms with E-state index in [1.807, 2.05) is 13.0 Å². The second-order valence-corrected chi connectivity index (χ2v) is 6.86. The van der Waals surface area contributed by atoms with Crippen LogP contribution in [-0.4, -0.2) is 25.7 Å². The van der Waals surface area contributed by atoms with Gasteiger partial charge >= 0.3 is 5.97 Å². The summed E-state index contributed by atoms with van der Waals surface area (Å²) in [4.78, 5) is 16.7. The molecule has 0 amide bonds. The molecule has 0 unspecified atom stereocenters. The van der Waals surface area contributed by atoms with Gasteiger partial charge in [-0.3, -0.25) is 0 Å². The first kappa shape index (κ1) is 13.8. The van der Waals surface area contributed by atoms with Crippen molar-refractivity contribution in [2.24, 2.45) is 0 Å². The molecule has 0 aliphatic carbocycles. The van der Waals surface area contributed by atoms with Crippen LogP contribution in [0, 0.1) is 10.5 Å². The van der Waals surface area contributed by atoms with Crippen LogP contribution in [0.25, 0.3) is 16.2 Å². The molecule has 0 spiro atoms. The summed E-state index contributed by atoms with van der Waals surface area (Å²) in [5, 5.41) is 13.6. The predicted octanol–water partition coefficient (Wildman–Crippen LogP) is 3.72. The number of nitrogens with zero attached hydrogens (tertiary/aromatic N) is 3. The molecule has 0 fully saturated rings. The van der Waals surface area contributed by atoms with Gasteiger partial charge in [0.05, 0.1) is 24.2 Å². The number of rotatable bonds is 2. The van der Waals surface area contributed by atoms with Crippen molar-refractivity contribution < 1.29 is 9.90 Å². The molecule has 3 aromatic heterocycles. The van der Waals surface area contributed by atoms with E-state index in [0.717, 1.165) is 14.1 Å². The first-order valence-electron chi connectivity index (χ1n) is 5.52. The number of aromatic nitrogens is 3. The number of hydrogen-bond acceptors (Lipinski definition) is 4. The minimum atomic E-state index is -1.04. The number of carboxylic acids is 1. The molecular weight excluding hydrogens is 413 g/mol. The lowest BCUT2D eigenvalue weighted by Crippen LogP contribution is -2.08. The number of thiophene rings is 1. The zero-order valence-electron chi connectivity index (χ0n) is 10.1. The van der Waals surface area contributed by atoms with E-state index >= 15 is 0 Å². The molecule has 0 radical (unpaired) electrons. The Kier molecular flexibility index (Phi) is 3.43. The minimum Gasteiger partial charge on any atom is -0.477 e. The maximum absolute atomic E-state index is 11.4. The number of aryl methyl sites for hydroxylation is 1. The van der Waals surface area contributed by atoms with Gasteiger partial charge in [0.1, 0.15) is 0 Å². The summed E-state index contributed by atoms with van der Waals surface area (Å²) < 4.78 is 2.84. The van der Waals surface area contributed by atoms with E-state index < -0.39 is 5.97 Å². The third kappa shape index (κ3) is 2.19. The summed E-state index contributed by atoms with van der Waals surface area (Å²) in [6.07, 6.45) is 0. The Morgan fingerprint density at radius 2 is 2.25 bits per heavy atom. The van der Waals surface area contributed by atoms with Crippen LogP contribution in [0.3, 0.4) is 0 Å². The smallest absolute Gasteiger partial charge is 0.354 e. The van der Waals surface area contributed by atoms with E-state index in [9.17, 15) is 9.90 Å². The van der Waals surface area contributed by atoms with Crippen LogP contribution in [0.4, 0.5) is 0 Å². The minimum absolute atomic E-state index is 0.0838. The van der Waals surface area contributed by atoms with E-state index in [-0.39, 0.29) is 5.69 Å². The number of carbonyl (C=O) groups is 1. The fourth-order valence-electron chi connectivity index (χ4n) is 1.83. The van der Waals surface area contributed by atoms with Gasteiger partial charge in [-0.25, -0.2) is 14.3 Å². The van der Waals surface area contributed by atoms with Gasteiger partial charge in [0.25, 0.3) is 0 Å². The van der Waals surface area contributed by atoms with Gasteiger partial charge in [-0.1, -0.05) is 11.6 Å². The molecule has 8 heteroatoms. The molecule has 0 aromatic carbocycles. The molecule has 5 nitrogen and oxygen atoms in total. The molecule has 3 heterocycles. The molecule has 102 valence electrons. The van der Waals surface area contributed by atoms with Gasteiger partial charge in [0.15, 0.2) is 11.3 Å². The van der Waals surface area contributed by atoms with Gasteiger partial charge in [0, 0.05) is 0 Å². The van der Waals surface area contributed by atoms with Crippen molar-refractivity contribution >= 4 is 57.1 Å². The van der Waals surface area contributed by atoms with Crippen LogP contribution in [0.15, 0.2) is 18.2 Å². The van der Waals surface area contributed by atoms with Gasteiger partial charge in [-0.05, 0) is 47.7 Å². The van der Waals surface area contributed by atoms with Crippen LogP contribution < -0.4 is 0 Å². The van der Waals surface area contributed by atoms with Crippen molar-refractivity contribution in [1.29, 1.82) is 0 Å². The van der Waals surface area contributed by atoms with Crippen molar-refractivity contribution in [3.8, 4) is 10.6 Å². The quantitative estimate of drug-likeness (QED) is 0.643. The fourth-order valence-corrected chi connectivity index (χ4v) is 3.29. The predicted molar refractivity (Wildman–Crippen MR) is 85.7 cm³/mol. The summed E-state index contributed by atoms with van der Waals surface area (Å²) >= 11 is 9.40. The van der Waals surface area contributed by atoms with E-state index in [4.69, 9.17) is 11.6 Å². The van der Waals surface area contributed by atoms with Gasteiger partial charge in [-0.15, -0.1) is 11.3 Å². The largest absolute Gasteiger partial charge is 0.477 e. The fraction of sp³-hybridized carbons (Fsp3) is 0.0833. The van der Waals surface area contributed by atoms with Crippen molar-refractivity contribution in [1.82, 2.24) is 14.6 Å². The Hall–Kier alpha value is -1.19. The maximum atomic E-state index is 11.4. The third-order valence-electron chi connectivity index (χ3n) is 2.74. The second kappa shape index (κ2) is 4.97. The summed E-state index contributed by atoms with van der Waals surface area (Å²) in [5.41, 5.74) is 1.97. The molecule has 3 rings (SSSR count). The second-order valence-electron chi connectivity index (χ2n) is 4.07. The molecule has 20 heavy (non-hydrogen) atoms. The van der Waals surface area contributed by atoms with Crippen LogP contribution >= 0.6 is 45.5 Å². The van der Waals surface area contributed by atoms with Crippen molar-refractivity contribution in [2.75, 3.05) is 0 Å². The number of fused-ring (bicyclic) bond motifs is 1. The molecule has 0 bridgehead atoms. The molecule has 0 aliphatic rings. The van der Waals surface area contributed by atoms with Crippen LogP contribution in [0.2, 0.25) is 4.34 Å². The highest BCUT2D eigenvalue weighted by Crippen LogP contribution is 2.31. The number of carboxylic acid groups (broad SMARTS) is 1. The van der Waals surface area contributed by atoms with Crippen LogP contribution in [-0.2, 0) is 0 Å². The van der Waals surface area contributed by atoms with E-state index in [1.54, 1.807) is 6.07 Å². The topological polar surface area (TPSA) is 67.5 Å². The number of halogens is 2. The molecule has 0 saturated heterocycles. The van der Waals surface area contributed by atoms with Gasteiger partial charge in [-0.2, -0.15) is 5.10 Å². The van der Waals surface area contributed by atoms with Gasteiger partial charge < -0.3 is 5.11 Å². The Morgan fingerprint density at radius 1 is 1.50 bits per heavy atom. The van der Waals surface area contributed by atoms with E-state index in [2.05, 4.69) is 32.7 Å². The molecule has 1 N–H and O–H groups in total. The molecule has 3 aromatic rings. The van der Waals surface area contributed by atoms with Crippen LogP contribution in [0.5, 0.6) is 0 Å². The zero-order valence-corrected chi connectivity index (χ0v) is 13.8. The lowest BCUT2D eigenvalue weighted by Gasteiger charge is -2.03. The maximum Gasteiger partial charge on any atom is 0.354 e. The average molecular weight is 420 g/mol. The third-order valence-corrected chi connectivity index (χ3v) is 5.25. The number of aromatic carboxylic acids is 1. The lowest BCUT2D eigenvalue weighted by atomic mass is 10.3. The van der Waals surface area contributed by atoms with E-state index in [0.29, 0.717) is 15.7 Å². The first-order valence-corrected chi connectivity index (χ1v) is 7.79. The average Bonchev–Trinajstić information content (AvgIpc) is 2.94. The van der Waals surface area contributed by atoms with Crippen molar-refractivity contribution in [3.05, 3.63) is 37.5 Å². The summed E-state index contributed by atoms with van der Waals surface area (Å²) in [6, 6.07) is 5.11. The SMILES string of the molecule is Cc1nn2c(C(=O)O)cc(-c3ccc(Cl)s3)nc2c1I. The Bertz CT molecular complexity index is 843. The van der Waals surface area contributed by atoms with Crippen LogP contribution in [0.1, 0.15) is 16.2 Å². The monoisotopic (exact) mass is 419 g/mol. The Labute approximate surface area is 136 Å². The zero-order chi connectivity index (χ0) is 14.4. The normalized spacial score (nSPS) is 11.2. The lowest BCUT2D eigenvalue weighted by molar-refractivity contribution is 0.0687. The summed E-state index contributed by atoms with van der Waals surface area (Å²) in [7, 11) is 0. The first-order chi connectivity index (χ1) is 9.47. The summed E-state index contributed by atoms with van der Waals surface area (Å²) in [6.45, 7) is 1.82. The highest BCUT2D eigenvalue weighted by atomic mass is 127. The van der Waals surface area contributed by atoms with Crippen molar-refractivity contribution in [2.45, 2.75) is 6.92 Å². The highest BCUT2D eigenvalue weighted by Gasteiger charge is 2.18. The Balaban J connectivity index is 2.35. The standard InChI is InChI=1S/C12H7ClIN3O2S/c1-5-10(14)11-15-6(8-2-3-9(13)20-8)4-7(12(18)19)17(11)16-5/h2-4H,1H3,(H,18,19).